The van der Waals surface area contributed by atoms with Crippen molar-refractivity contribution < 1.29 is 17.9 Å². The van der Waals surface area contributed by atoms with Crippen molar-refractivity contribution in [3.05, 3.63) is 28.8 Å². The Morgan fingerprint density at radius 3 is 2.26 bits per heavy atom. The number of benzene rings is 1. The number of Topliss-reactive ketones (excluding diaryl/α,β-unsaturated/α-hetero) is 1. The SMILES string of the molecule is COc1c(C)cc(C(=O)C2CCS(=O)(=O)C2)cc1C. The number of carbonyl (C=O) groups excluding carboxylic acids is 1. The van der Waals surface area contributed by atoms with E-state index in [0.29, 0.717) is 12.0 Å². The molecule has 1 unspecified atom stereocenters. The summed E-state index contributed by atoms with van der Waals surface area (Å²) in [4.78, 5) is 12.3. The van der Waals surface area contributed by atoms with Gasteiger partial charge >= 0.3 is 0 Å². The molecule has 1 aliphatic heterocycles. The van der Waals surface area contributed by atoms with Crippen LogP contribution in [0, 0.1) is 19.8 Å². The molecule has 1 aromatic carbocycles. The molecule has 0 N–H and O–H groups in total. The lowest BCUT2D eigenvalue weighted by atomic mass is 9.94. The van der Waals surface area contributed by atoms with Gasteiger partial charge in [0.2, 0.25) is 0 Å². The maximum Gasteiger partial charge on any atom is 0.167 e. The monoisotopic (exact) mass is 282 g/mol. The summed E-state index contributed by atoms with van der Waals surface area (Å²) in [5.74, 6) is 0.413. The fraction of sp³-hybridized carbons (Fsp3) is 0.500. The average molecular weight is 282 g/mol. The first-order valence-electron chi connectivity index (χ1n) is 6.24. The summed E-state index contributed by atoms with van der Waals surface area (Å²) in [7, 11) is -1.43. The van der Waals surface area contributed by atoms with Crippen LogP contribution in [0.4, 0.5) is 0 Å². The molecular weight excluding hydrogens is 264 g/mol. The molecule has 4 nitrogen and oxygen atoms in total. The highest BCUT2D eigenvalue weighted by atomic mass is 32.2. The minimum Gasteiger partial charge on any atom is -0.496 e. The maximum absolute atomic E-state index is 12.3. The fourth-order valence-corrected chi connectivity index (χ4v) is 4.39. The summed E-state index contributed by atoms with van der Waals surface area (Å²) in [5.41, 5.74) is 2.37. The first-order valence-corrected chi connectivity index (χ1v) is 8.06. The number of carbonyl (C=O) groups is 1. The van der Waals surface area contributed by atoms with E-state index in [1.807, 2.05) is 13.8 Å². The van der Waals surface area contributed by atoms with E-state index in [0.717, 1.165) is 16.9 Å². The van der Waals surface area contributed by atoms with Gasteiger partial charge in [-0.1, -0.05) is 0 Å². The first-order chi connectivity index (χ1) is 8.84. The summed E-state index contributed by atoms with van der Waals surface area (Å²) >= 11 is 0. The van der Waals surface area contributed by atoms with Gasteiger partial charge in [0, 0.05) is 11.5 Å². The number of hydrogen-bond donors (Lipinski definition) is 0. The largest absolute Gasteiger partial charge is 0.496 e. The van der Waals surface area contributed by atoms with Gasteiger partial charge in [-0.15, -0.1) is 0 Å². The number of hydrogen-bond acceptors (Lipinski definition) is 4. The van der Waals surface area contributed by atoms with E-state index in [1.54, 1.807) is 19.2 Å². The van der Waals surface area contributed by atoms with Gasteiger partial charge in [0.1, 0.15) is 5.75 Å². The second-order valence-electron chi connectivity index (χ2n) is 5.11. The van der Waals surface area contributed by atoms with Gasteiger partial charge in [0.25, 0.3) is 0 Å². The van der Waals surface area contributed by atoms with E-state index in [4.69, 9.17) is 4.74 Å². The zero-order valence-electron chi connectivity index (χ0n) is 11.4. The molecule has 2 rings (SSSR count). The third-order valence-corrected chi connectivity index (χ3v) is 5.32. The Morgan fingerprint density at radius 2 is 1.84 bits per heavy atom. The van der Waals surface area contributed by atoms with Gasteiger partial charge in [0.05, 0.1) is 18.6 Å². The van der Waals surface area contributed by atoms with E-state index in [1.165, 1.54) is 0 Å². The molecule has 0 amide bonds. The molecule has 0 saturated carbocycles. The normalized spacial score (nSPS) is 21.3. The van der Waals surface area contributed by atoms with Gasteiger partial charge in [-0.2, -0.15) is 0 Å². The Balaban J connectivity index is 2.30. The molecule has 1 saturated heterocycles. The van der Waals surface area contributed by atoms with Crippen molar-refractivity contribution in [2.45, 2.75) is 20.3 Å². The van der Waals surface area contributed by atoms with Gasteiger partial charge in [-0.25, -0.2) is 8.42 Å². The first kappa shape index (κ1) is 14.1. The third-order valence-electron chi connectivity index (χ3n) is 3.55. The molecule has 1 aliphatic rings. The van der Waals surface area contributed by atoms with Crippen LogP contribution in [0.2, 0.25) is 0 Å². The number of ether oxygens (including phenoxy) is 1. The molecule has 0 bridgehead atoms. The van der Waals surface area contributed by atoms with Crippen LogP contribution in [0.5, 0.6) is 5.75 Å². The van der Waals surface area contributed by atoms with Crippen LogP contribution in [0.15, 0.2) is 12.1 Å². The number of sulfone groups is 1. The minimum atomic E-state index is -3.03. The van der Waals surface area contributed by atoms with Crippen molar-refractivity contribution in [3.8, 4) is 5.75 Å². The van der Waals surface area contributed by atoms with E-state index >= 15 is 0 Å². The zero-order chi connectivity index (χ0) is 14.2. The average Bonchev–Trinajstić information content (AvgIpc) is 2.68. The summed E-state index contributed by atoms with van der Waals surface area (Å²) in [6.45, 7) is 3.77. The topological polar surface area (TPSA) is 60.4 Å². The predicted octanol–water partition coefficient (Wildman–Crippen LogP) is 1.93. The Bertz CT molecular complexity index is 593. The highest BCUT2D eigenvalue weighted by Crippen LogP contribution is 2.28. The quantitative estimate of drug-likeness (QED) is 0.795. The third kappa shape index (κ3) is 2.81. The molecule has 1 fully saturated rings. The van der Waals surface area contributed by atoms with Crippen LogP contribution in [0.25, 0.3) is 0 Å². The van der Waals surface area contributed by atoms with Crippen molar-refractivity contribution >= 4 is 15.6 Å². The summed E-state index contributed by atoms with van der Waals surface area (Å²) in [5, 5.41) is 0. The minimum absolute atomic E-state index is 0.0179. The lowest BCUT2D eigenvalue weighted by Crippen LogP contribution is -2.16. The number of ketones is 1. The second kappa shape index (κ2) is 4.96. The van der Waals surface area contributed by atoms with Gasteiger partial charge in [0.15, 0.2) is 15.6 Å². The predicted molar refractivity (Wildman–Crippen MR) is 73.6 cm³/mol. The smallest absolute Gasteiger partial charge is 0.167 e. The molecule has 19 heavy (non-hydrogen) atoms. The lowest BCUT2D eigenvalue weighted by molar-refractivity contribution is 0.0933. The van der Waals surface area contributed by atoms with E-state index in [-0.39, 0.29) is 17.3 Å². The van der Waals surface area contributed by atoms with E-state index in [9.17, 15) is 13.2 Å². The molecule has 1 aromatic rings. The molecule has 5 heteroatoms. The van der Waals surface area contributed by atoms with E-state index < -0.39 is 15.8 Å². The van der Waals surface area contributed by atoms with Crippen molar-refractivity contribution in [3.63, 3.8) is 0 Å². The highest BCUT2D eigenvalue weighted by molar-refractivity contribution is 7.91. The van der Waals surface area contributed by atoms with Gasteiger partial charge in [-0.05, 0) is 43.5 Å². The fourth-order valence-electron chi connectivity index (χ4n) is 2.65. The number of rotatable bonds is 3. The van der Waals surface area contributed by atoms with Crippen LogP contribution in [0.1, 0.15) is 27.9 Å². The van der Waals surface area contributed by atoms with Crippen LogP contribution in [0.3, 0.4) is 0 Å². The van der Waals surface area contributed by atoms with Crippen molar-refractivity contribution in [1.82, 2.24) is 0 Å². The molecule has 0 radical (unpaired) electrons. The maximum atomic E-state index is 12.3. The van der Waals surface area contributed by atoms with Crippen molar-refractivity contribution in [1.29, 1.82) is 0 Å². The van der Waals surface area contributed by atoms with Gasteiger partial charge < -0.3 is 4.74 Å². The van der Waals surface area contributed by atoms with Crippen LogP contribution >= 0.6 is 0 Å². The Hall–Kier alpha value is -1.36. The summed E-state index contributed by atoms with van der Waals surface area (Å²) in [6.07, 6.45) is 0.436. The molecule has 104 valence electrons. The molecule has 1 heterocycles. The van der Waals surface area contributed by atoms with Crippen molar-refractivity contribution in [2.24, 2.45) is 5.92 Å². The molecule has 0 aliphatic carbocycles. The van der Waals surface area contributed by atoms with E-state index in [2.05, 4.69) is 0 Å². The molecular formula is C14H18O4S. The van der Waals surface area contributed by atoms with Crippen LogP contribution < -0.4 is 4.74 Å². The van der Waals surface area contributed by atoms with Crippen LogP contribution in [-0.2, 0) is 9.84 Å². The Morgan fingerprint density at radius 1 is 1.26 bits per heavy atom. The lowest BCUT2D eigenvalue weighted by Gasteiger charge is -2.12. The standard InChI is InChI=1S/C14H18O4S/c1-9-6-12(7-10(2)14(9)18-3)13(15)11-4-5-19(16,17)8-11/h6-7,11H,4-5,8H2,1-3H3. The molecule has 0 aromatic heterocycles. The van der Waals surface area contributed by atoms with Gasteiger partial charge in [-0.3, -0.25) is 4.79 Å². The molecule has 0 spiro atoms. The summed E-state index contributed by atoms with van der Waals surface area (Å²) in [6, 6.07) is 3.55. The molecule has 1 atom stereocenters. The number of methoxy groups -OCH3 is 1. The Kier molecular flexibility index (Phi) is 3.67. The summed E-state index contributed by atoms with van der Waals surface area (Å²) < 4.78 is 28.1. The zero-order valence-corrected chi connectivity index (χ0v) is 12.2. The second-order valence-corrected chi connectivity index (χ2v) is 7.34. The highest BCUT2D eigenvalue weighted by Gasteiger charge is 2.33. The number of aryl methyl sites for hydroxylation is 2. The van der Waals surface area contributed by atoms with Crippen LogP contribution in [-0.4, -0.2) is 32.8 Å². The van der Waals surface area contributed by atoms with Crippen molar-refractivity contribution in [2.75, 3.05) is 18.6 Å². The Labute approximate surface area is 113 Å².